The highest BCUT2D eigenvalue weighted by molar-refractivity contribution is 5.92. The molecule has 0 saturated heterocycles. The van der Waals surface area contributed by atoms with Gasteiger partial charge in [-0.25, -0.2) is 4.79 Å². The monoisotopic (exact) mass is 546 g/mol. The number of carbonyl (C=O) groups excluding carboxylic acids is 2. The normalized spacial score (nSPS) is 11.4. The molecule has 0 bridgehead atoms. The Labute approximate surface area is 233 Å². The third kappa shape index (κ3) is 6.88. The van der Waals surface area contributed by atoms with Gasteiger partial charge in [0.2, 0.25) is 5.91 Å². The Hall–Kier alpha value is -4.60. The van der Waals surface area contributed by atoms with Gasteiger partial charge >= 0.3 is 17.9 Å². The lowest BCUT2D eigenvalue weighted by Crippen LogP contribution is -2.33. The molecule has 2 aromatic carbocycles. The molecule has 2 aromatic heterocycles. The molecular weight excluding hydrogens is 512 g/mol. The Morgan fingerprint density at radius 1 is 1.07 bits per heavy atom. The molecule has 0 spiro atoms. The smallest absolute Gasteiger partial charge is 0.396 e. The van der Waals surface area contributed by atoms with Crippen molar-refractivity contribution in [3.05, 3.63) is 83.6 Å². The summed E-state index contributed by atoms with van der Waals surface area (Å²) >= 11 is 0. The standard InChI is InChI=1S/C30H34N4O6/c1-5-21(19-39-20-22-9-7-6-8-10-22)11-14-27(35)34(30-32-31-28(40-30)29(36)38-4)16-15-23-18-33(2)26-17-24(37-3)12-13-25(23)26/h6-10,12-13,17-19H,5,11,14-16,20H2,1-4H3/b21-19+. The van der Waals surface area contributed by atoms with Crippen LogP contribution in [0.3, 0.4) is 0 Å². The quantitative estimate of drug-likeness (QED) is 0.166. The molecule has 210 valence electrons. The summed E-state index contributed by atoms with van der Waals surface area (Å²) in [7, 11) is 4.83. The first-order chi connectivity index (χ1) is 19.4. The second-order valence-corrected chi connectivity index (χ2v) is 9.25. The van der Waals surface area contributed by atoms with E-state index in [9.17, 15) is 9.59 Å². The minimum atomic E-state index is -0.763. The van der Waals surface area contributed by atoms with Crippen LogP contribution in [0.1, 0.15) is 48.0 Å². The number of benzene rings is 2. The van der Waals surface area contributed by atoms with Crippen molar-refractivity contribution in [1.29, 1.82) is 0 Å². The predicted molar refractivity (Wildman–Crippen MR) is 150 cm³/mol. The molecule has 0 saturated carbocycles. The summed E-state index contributed by atoms with van der Waals surface area (Å²) < 4.78 is 23.4. The number of ether oxygens (including phenoxy) is 3. The highest BCUT2D eigenvalue weighted by Crippen LogP contribution is 2.26. The molecule has 4 rings (SSSR count). The number of allylic oxidation sites excluding steroid dienone is 1. The number of amides is 1. The van der Waals surface area contributed by atoms with Gasteiger partial charge in [0.1, 0.15) is 12.4 Å². The summed E-state index contributed by atoms with van der Waals surface area (Å²) in [6, 6.07) is 15.7. The molecule has 10 heteroatoms. The molecule has 10 nitrogen and oxygen atoms in total. The van der Waals surface area contributed by atoms with Crippen molar-refractivity contribution in [2.24, 2.45) is 7.05 Å². The van der Waals surface area contributed by atoms with Gasteiger partial charge < -0.3 is 23.2 Å². The van der Waals surface area contributed by atoms with Crippen molar-refractivity contribution in [2.75, 3.05) is 25.7 Å². The van der Waals surface area contributed by atoms with Gasteiger partial charge in [-0.05, 0) is 48.1 Å². The van der Waals surface area contributed by atoms with Crippen molar-refractivity contribution in [2.45, 2.75) is 39.2 Å². The summed E-state index contributed by atoms with van der Waals surface area (Å²) in [4.78, 5) is 26.8. The van der Waals surface area contributed by atoms with E-state index < -0.39 is 5.97 Å². The number of fused-ring (bicyclic) bond motifs is 1. The number of aromatic nitrogens is 3. The summed E-state index contributed by atoms with van der Waals surface area (Å²) in [5, 5.41) is 8.79. The van der Waals surface area contributed by atoms with Crippen LogP contribution in [-0.4, -0.2) is 47.4 Å². The van der Waals surface area contributed by atoms with Gasteiger partial charge in [-0.2, -0.15) is 0 Å². The largest absolute Gasteiger partial charge is 0.497 e. The molecule has 0 unspecified atom stereocenters. The van der Waals surface area contributed by atoms with Crippen LogP contribution in [0.15, 0.2) is 71.0 Å². The zero-order valence-corrected chi connectivity index (χ0v) is 23.3. The second-order valence-electron chi connectivity index (χ2n) is 9.25. The molecule has 0 aliphatic carbocycles. The average molecular weight is 547 g/mol. The van der Waals surface area contributed by atoms with E-state index >= 15 is 0 Å². The van der Waals surface area contributed by atoms with Gasteiger partial charge in [0, 0.05) is 37.7 Å². The fourth-order valence-corrected chi connectivity index (χ4v) is 4.38. The number of hydrogen-bond acceptors (Lipinski definition) is 8. The van der Waals surface area contributed by atoms with E-state index in [1.54, 1.807) is 13.4 Å². The Morgan fingerprint density at radius 2 is 1.88 bits per heavy atom. The number of hydrogen-bond donors (Lipinski definition) is 0. The van der Waals surface area contributed by atoms with Crippen LogP contribution in [0.2, 0.25) is 0 Å². The molecule has 0 radical (unpaired) electrons. The van der Waals surface area contributed by atoms with Crippen LogP contribution in [-0.2, 0) is 34.3 Å². The number of methoxy groups -OCH3 is 2. The lowest BCUT2D eigenvalue weighted by atomic mass is 10.1. The Balaban J connectivity index is 1.48. The highest BCUT2D eigenvalue weighted by Gasteiger charge is 2.25. The van der Waals surface area contributed by atoms with E-state index in [1.807, 2.05) is 73.3 Å². The molecule has 4 aromatic rings. The zero-order valence-electron chi connectivity index (χ0n) is 23.3. The molecular formula is C30H34N4O6. The SMILES string of the molecule is CC/C(=C\OCc1ccccc1)CCC(=O)N(CCc1cn(C)c2cc(OC)ccc12)c1nnc(C(=O)OC)o1. The van der Waals surface area contributed by atoms with Gasteiger partial charge in [-0.3, -0.25) is 9.69 Å². The fourth-order valence-electron chi connectivity index (χ4n) is 4.38. The van der Waals surface area contributed by atoms with Crippen molar-refractivity contribution in [1.82, 2.24) is 14.8 Å². The number of nitrogens with zero attached hydrogens (tertiary/aromatic N) is 4. The third-order valence-electron chi connectivity index (χ3n) is 6.65. The number of aryl methyl sites for hydroxylation is 1. The van der Waals surface area contributed by atoms with Gasteiger partial charge in [0.15, 0.2) is 0 Å². The molecule has 2 heterocycles. The molecule has 0 fully saturated rings. The lowest BCUT2D eigenvalue weighted by Gasteiger charge is -2.18. The van der Waals surface area contributed by atoms with E-state index in [-0.39, 0.29) is 30.8 Å². The number of rotatable bonds is 13. The summed E-state index contributed by atoms with van der Waals surface area (Å²) in [5.74, 6) is -0.507. The Morgan fingerprint density at radius 3 is 2.60 bits per heavy atom. The molecule has 0 aliphatic heterocycles. The summed E-state index contributed by atoms with van der Waals surface area (Å²) in [6.07, 6.45) is 5.75. The maximum Gasteiger partial charge on any atom is 0.396 e. The van der Waals surface area contributed by atoms with Crippen molar-refractivity contribution in [3.63, 3.8) is 0 Å². The van der Waals surface area contributed by atoms with Crippen molar-refractivity contribution >= 4 is 28.8 Å². The van der Waals surface area contributed by atoms with Crippen LogP contribution in [0.5, 0.6) is 5.75 Å². The molecule has 0 atom stereocenters. The fraction of sp³-hybridized carbons (Fsp3) is 0.333. The summed E-state index contributed by atoms with van der Waals surface area (Å²) in [6.45, 7) is 2.76. The molecule has 1 amide bonds. The van der Waals surface area contributed by atoms with E-state index in [4.69, 9.17) is 13.9 Å². The van der Waals surface area contributed by atoms with Crippen LogP contribution in [0.25, 0.3) is 10.9 Å². The lowest BCUT2D eigenvalue weighted by molar-refractivity contribution is -0.118. The number of esters is 1. The maximum absolute atomic E-state index is 13.5. The van der Waals surface area contributed by atoms with Gasteiger partial charge in [0.05, 0.1) is 26.0 Å². The topological polar surface area (TPSA) is 109 Å². The van der Waals surface area contributed by atoms with E-state index in [1.165, 1.54) is 12.0 Å². The second kappa shape index (κ2) is 13.5. The minimum absolute atomic E-state index is 0.0466. The highest BCUT2D eigenvalue weighted by atomic mass is 16.5. The minimum Gasteiger partial charge on any atom is -0.497 e. The summed E-state index contributed by atoms with van der Waals surface area (Å²) in [5.41, 5.74) is 4.15. The number of carbonyl (C=O) groups is 2. The van der Waals surface area contributed by atoms with Gasteiger partial charge in [-0.15, -0.1) is 0 Å². The van der Waals surface area contributed by atoms with Crippen molar-refractivity contribution < 1.29 is 28.2 Å². The van der Waals surface area contributed by atoms with Crippen LogP contribution in [0.4, 0.5) is 6.01 Å². The predicted octanol–water partition coefficient (Wildman–Crippen LogP) is 5.22. The average Bonchev–Trinajstić information content (AvgIpc) is 3.59. The number of anilines is 1. The first kappa shape index (κ1) is 28.4. The first-order valence-electron chi connectivity index (χ1n) is 13.1. The third-order valence-corrected chi connectivity index (χ3v) is 6.65. The Kier molecular flexibility index (Phi) is 9.56. The van der Waals surface area contributed by atoms with Crippen LogP contribution in [0, 0.1) is 0 Å². The molecule has 0 N–H and O–H groups in total. The molecule has 0 aliphatic rings. The van der Waals surface area contributed by atoms with Crippen LogP contribution < -0.4 is 9.64 Å². The van der Waals surface area contributed by atoms with Gasteiger partial charge in [-0.1, -0.05) is 47.5 Å². The van der Waals surface area contributed by atoms with Gasteiger partial charge in [0.25, 0.3) is 0 Å². The van der Waals surface area contributed by atoms with E-state index in [0.29, 0.717) is 19.4 Å². The molecule has 40 heavy (non-hydrogen) atoms. The van der Waals surface area contributed by atoms with Crippen molar-refractivity contribution in [3.8, 4) is 5.75 Å². The maximum atomic E-state index is 13.5. The van der Waals surface area contributed by atoms with E-state index in [2.05, 4.69) is 14.9 Å². The zero-order chi connectivity index (χ0) is 28.5. The Bertz CT molecular complexity index is 1470. The van der Waals surface area contributed by atoms with Crippen LogP contribution >= 0.6 is 0 Å². The van der Waals surface area contributed by atoms with E-state index in [0.717, 1.165) is 39.8 Å². The first-order valence-corrected chi connectivity index (χ1v) is 13.1.